The van der Waals surface area contributed by atoms with Gasteiger partial charge in [-0.25, -0.2) is 18.6 Å². The minimum atomic E-state index is -0.602. The number of esters is 1. The third-order valence-electron chi connectivity index (χ3n) is 3.89. The van der Waals surface area contributed by atoms with Crippen molar-refractivity contribution in [1.29, 1.82) is 0 Å². The molecule has 0 amide bonds. The smallest absolute Gasteiger partial charge is 0.337 e. The number of benzene rings is 2. The van der Waals surface area contributed by atoms with E-state index >= 15 is 0 Å². The summed E-state index contributed by atoms with van der Waals surface area (Å²) in [6.07, 6.45) is 3.70. The van der Waals surface area contributed by atoms with Crippen LogP contribution in [0.25, 0.3) is 0 Å². The van der Waals surface area contributed by atoms with E-state index in [0.29, 0.717) is 23.5 Å². The standard InChI is InChI=1S/C19H16F2N2O2/c1-25-19(24)14-4-2-13(3-5-14)12-23-9-8-22-18(23)10-15-6-7-16(20)11-17(15)21/h2-9,11H,10,12H2,1H3. The number of rotatable bonds is 5. The van der Waals surface area contributed by atoms with E-state index in [0.717, 1.165) is 11.6 Å². The van der Waals surface area contributed by atoms with Gasteiger partial charge in [0.15, 0.2) is 0 Å². The van der Waals surface area contributed by atoms with Gasteiger partial charge in [0.1, 0.15) is 17.5 Å². The lowest BCUT2D eigenvalue weighted by Gasteiger charge is -2.09. The first-order valence-corrected chi connectivity index (χ1v) is 7.68. The van der Waals surface area contributed by atoms with Crippen molar-refractivity contribution in [3.05, 3.63) is 89.0 Å². The first kappa shape index (κ1) is 16.8. The highest BCUT2D eigenvalue weighted by Crippen LogP contribution is 2.15. The van der Waals surface area contributed by atoms with Gasteiger partial charge in [-0.1, -0.05) is 18.2 Å². The summed E-state index contributed by atoms with van der Waals surface area (Å²) in [6.45, 7) is 0.527. The van der Waals surface area contributed by atoms with Crippen molar-refractivity contribution in [2.45, 2.75) is 13.0 Å². The molecular weight excluding hydrogens is 326 g/mol. The average Bonchev–Trinajstić information content (AvgIpc) is 3.04. The predicted molar refractivity (Wildman–Crippen MR) is 88.3 cm³/mol. The van der Waals surface area contributed by atoms with Crippen molar-refractivity contribution in [3.8, 4) is 0 Å². The zero-order valence-corrected chi connectivity index (χ0v) is 13.6. The second kappa shape index (κ2) is 7.25. The maximum atomic E-state index is 13.8. The number of aromatic nitrogens is 2. The number of halogens is 2. The number of hydrogen-bond acceptors (Lipinski definition) is 3. The van der Waals surface area contributed by atoms with Crippen LogP contribution in [-0.4, -0.2) is 22.6 Å². The minimum Gasteiger partial charge on any atom is -0.465 e. The Morgan fingerprint density at radius 1 is 1.16 bits per heavy atom. The predicted octanol–water partition coefficient (Wildman–Crippen LogP) is 3.59. The molecule has 3 aromatic rings. The van der Waals surface area contributed by atoms with Crippen molar-refractivity contribution < 1.29 is 18.3 Å². The molecular formula is C19H16F2N2O2. The third kappa shape index (κ3) is 3.91. The summed E-state index contributed by atoms with van der Waals surface area (Å²) in [5, 5.41) is 0. The van der Waals surface area contributed by atoms with Crippen LogP contribution in [0.3, 0.4) is 0 Å². The summed E-state index contributed by atoms with van der Waals surface area (Å²) in [4.78, 5) is 15.7. The highest BCUT2D eigenvalue weighted by molar-refractivity contribution is 5.89. The summed E-state index contributed by atoms with van der Waals surface area (Å²) < 4.78 is 33.4. The molecule has 0 saturated heterocycles. The second-order valence-electron chi connectivity index (χ2n) is 5.57. The summed E-state index contributed by atoms with van der Waals surface area (Å²) >= 11 is 0. The molecule has 128 valence electrons. The van der Waals surface area contributed by atoms with Gasteiger partial charge in [0.05, 0.1) is 12.7 Å². The summed E-state index contributed by atoms with van der Waals surface area (Å²) in [5.74, 6) is -0.906. The molecule has 0 aliphatic carbocycles. The monoisotopic (exact) mass is 342 g/mol. The molecule has 3 rings (SSSR count). The first-order valence-electron chi connectivity index (χ1n) is 7.68. The van der Waals surface area contributed by atoms with Gasteiger partial charge in [0.25, 0.3) is 0 Å². The van der Waals surface area contributed by atoms with Gasteiger partial charge in [-0.05, 0) is 29.3 Å². The number of ether oxygens (including phenoxy) is 1. The van der Waals surface area contributed by atoms with Crippen LogP contribution in [0, 0.1) is 11.6 Å². The van der Waals surface area contributed by atoms with E-state index in [2.05, 4.69) is 9.72 Å². The number of nitrogens with zero attached hydrogens (tertiary/aromatic N) is 2. The highest BCUT2D eigenvalue weighted by Gasteiger charge is 2.10. The number of carbonyl (C=O) groups excluding carboxylic acids is 1. The van der Waals surface area contributed by atoms with Crippen LogP contribution in [0.4, 0.5) is 8.78 Å². The largest absolute Gasteiger partial charge is 0.465 e. The van der Waals surface area contributed by atoms with E-state index in [4.69, 9.17) is 0 Å². The van der Waals surface area contributed by atoms with Crippen molar-refractivity contribution in [2.24, 2.45) is 0 Å². The first-order chi connectivity index (χ1) is 12.1. The topological polar surface area (TPSA) is 44.1 Å². The van der Waals surface area contributed by atoms with Gasteiger partial charge in [-0.3, -0.25) is 0 Å². The van der Waals surface area contributed by atoms with E-state index in [1.165, 1.54) is 19.2 Å². The number of carbonyl (C=O) groups is 1. The molecule has 0 aliphatic rings. The van der Waals surface area contributed by atoms with Crippen molar-refractivity contribution in [1.82, 2.24) is 9.55 Å². The van der Waals surface area contributed by atoms with Crippen LogP contribution in [0.5, 0.6) is 0 Å². The molecule has 0 N–H and O–H groups in total. The van der Waals surface area contributed by atoms with Crippen molar-refractivity contribution in [2.75, 3.05) is 7.11 Å². The fraction of sp³-hybridized carbons (Fsp3) is 0.158. The zero-order valence-electron chi connectivity index (χ0n) is 13.6. The van der Waals surface area contributed by atoms with E-state index in [1.54, 1.807) is 24.5 Å². The molecule has 0 unspecified atom stereocenters. The highest BCUT2D eigenvalue weighted by atomic mass is 19.1. The Labute approximate surface area is 143 Å². The third-order valence-corrected chi connectivity index (χ3v) is 3.89. The Balaban J connectivity index is 1.76. The number of methoxy groups -OCH3 is 1. The summed E-state index contributed by atoms with van der Waals surface area (Å²) in [7, 11) is 1.34. The second-order valence-corrected chi connectivity index (χ2v) is 5.57. The Morgan fingerprint density at radius 2 is 1.92 bits per heavy atom. The van der Waals surface area contributed by atoms with E-state index < -0.39 is 11.6 Å². The zero-order chi connectivity index (χ0) is 17.8. The molecule has 2 aromatic carbocycles. The summed E-state index contributed by atoms with van der Waals surface area (Å²) in [5.41, 5.74) is 1.83. The van der Waals surface area contributed by atoms with Crippen LogP contribution in [0.1, 0.15) is 27.3 Å². The van der Waals surface area contributed by atoms with Gasteiger partial charge >= 0.3 is 5.97 Å². The molecule has 0 radical (unpaired) electrons. The molecule has 0 bridgehead atoms. The Bertz CT molecular complexity index is 889. The lowest BCUT2D eigenvalue weighted by atomic mass is 10.1. The van der Waals surface area contributed by atoms with Crippen molar-refractivity contribution >= 4 is 5.97 Å². The number of imidazole rings is 1. The van der Waals surface area contributed by atoms with Crippen LogP contribution in [-0.2, 0) is 17.7 Å². The van der Waals surface area contributed by atoms with E-state index in [9.17, 15) is 13.6 Å². The lowest BCUT2D eigenvalue weighted by molar-refractivity contribution is 0.0600. The summed E-state index contributed by atoms with van der Waals surface area (Å²) in [6, 6.07) is 10.6. The van der Waals surface area contributed by atoms with Crippen LogP contribution in [0.15, 0.2) is 54.9 Å². The Kier molecular flexibility index (Phi) is 4.88. The van der Waals surface area contributed by atoms with Crippen LogP contribution < -0.4 is 0 Å². The maximum Gasteiger partial charge on any atom is 0.337 e. The van der Waals surface area contributed by atoms with E-state index in [1.807, 2.05) is 16.7 Å². The van der Waals surface area contributed by atoms with Crippen molar-refractivity contribution in [3.63, 3.8) is 0 Å². The van der Waals surface area contributed by atoms with Gasteiger partial charge in [-0.2, -0.15) is 0 Å². The van der Waals surface area contributed by atoms with E-state index in [-0.39, 0.29) is 12.4 Å². The average molecular weight is 342 g/mol. The molecule has 0 aliphatic heterocycles. The molecule has 4 nitrogen and oxygen atoms in total. The fourth-order valence-corrected chi connectivity index (χ4v) is 2.55. The van der Waals surface area contributed by atoms with Gasteiger partial charge in [-0.15, -0.1) is 0 Å². The molecule has 1 heterocycles. The molecule has 0 fully saturated rings. The Hall–Kier alpha value is -3.02. The van der Waals surface area contributed by atoms with Crippen LogP contribution in [0.2, 0.25) is 0 Å². The molecule has 0 spiro atoms. The molecule has 1 aromatic heterocycles. The van der Waals surface area contributed by atoms with Gasteiger partial charge in [0, 0.05) is 31.4 Å². The van der Waals surface area contributed by atoms with Gasteiger partial charge in [0.2, 0.25) is 0 Å². The molecule has 0 saturated carbocycles. The van der Waals surface area contributed by atoms with Crippen LogP contribution >= 0.6 is 0 Å². The minimum absolute atomic E-state index is 0.263. The fourth-order valence-electron chi connectivity index (χ4n) is 2.55. The molecule has 0 atom stereocenters. The molecule has 25 heavy (non-hydrogen) atoms. The number of hydrogen-bond donors (Lipinski definition) is 0. The SMILES string of the molecule is COC(=O)c1ccc(Cn2ccnc2Cc2ccc(F)cc2F)cc1. The normalized spacial score (nSPS) is 10.7. The quantitative estimate of drug-likeness (QED) is 0.666. The maximum absolute atomic E-state index is 13.8. The lowest BCUT2D eigenvalue weighted by Crippen LogP contribution is -2.07. The molecule has 6 heteroatoms. The van der Waals surface area contributed by atoms with Gasteiger partial charge < -0.3 is 9.30 Å². The Morgan fingerprint density at radius 3 is 2.60 bits per heavy atom.